The first-order chi connectivity index (χ1) is 7.59. The van der Waals surface area contributed by atoms with Gasteiger partial charge in [-0.3, -0.25) is 4.79 Å². The maximum atomic E-state index is 11.0. The van der Waals surface area contributed by atoms with E-state index in [1.165, 1.54) is 6.92 Å². The van der Waals surface area contributed by atoms with Gasteiger partial charge in [0.2, 0.25) is 0 Å². The normalized spacial score (nSPS) is 43.1. The fourth-order valence-electron chi connectivity index (χ4n) is 2.18. The molecule has 0 aromatic carbocycles. The van der Waals surface area contributed by atoms with Crippen LogP contribution in [0.25, 0.3) is 0 Å². The lowest BCUT2D eigenvalue weighted by Gasteiger charge is -2.32. The molecule has 2 bridgehead atoms. The highest BCUT2D eigenvalue weighted by Crippen LogP contribution is 2.72. The zero-order valence-corrected chi connectivity index (χ0v) is 12.9. The van der Waals surface area contributed by atoms with Gasteiger partial charge in [-0.1, -0.05) is 46.4 Å². The van der Waals surface area contributed by atoms with Crippen molar-refractivity contribution in [1.82, 2.24) is 0 Å². The van der Waals surface area contributed by atoms with Crippen molar-refractivity contribution in [3.8, 4) is 0 Å². The second-order valence-corrected chi connectivity index (χ2v) is 7.34. The first-order valence-corrected chi connectivity index (χ1v) is 6.85. The van der Waals surface area contributed by atoms with Gasteiger partial charge >= 0.3 is 5.97 Å². The van der Waals surface area contributed by atoms with Crippen molar-refractivity contribution in [2.45, 2.75) is 33.5 Å². The number of hydrogen-bond donors (Lipinski definition) is 0. The van der Waals surface area contributed by atoms with Gasteiger partial charge in [-0.2, -0.15) is 0 Å². The third-order valence-electron chi connectivity index (χ3n) is 3.03. The topological polar surface area (TPSA) is 26.3 Å². The summed E-state index contributed by atoms with van der Waals surface area (Å²) in [5.74, 6) is -0.521. The van der Waals surface area contributed by atoms with E-state index in [2.05, 4.69) is 0 Å². The minimum atomic E-state index is -1.64. The van der Waals surface area contributed by atoms with Gasteiger partial charge in [0, 0.05) is 13.3 Å². The number of carbonyl (C=O) groups is 1. The van der Waals surface area contributed by atoms with Gasteiger partial charge in [0.15, 0.2) is 9.21 Å². The Labute approximate surface area is 128 Å². The van der Waals surface area contributed by atoms with E-state index in [1.807, 2.05) is 0 Å². The van der Waals surface area contributed by atoms with Crippen LogP contribution in [-0.2, 0) is 9.53 Å². The quantitative estimate of drug-likeness (QED) is 0.520. The Bertz CT molecular complexity index is 433. The van der Waals surface area contributed by atoms with E-state index >= 15 is 0 Å². The number of alkyl halides is 4. The molecule has 0 unspecified atom stereocenters. The maximum Gasteiger partial charge on any atom is 0.302 e. The highest BCUT2D eigenvalue weighted by atomic mass is 35.5. The molecule has 96 valence electrons. The van der Waals surface area contributed by atoms with Crippen molar-refractivity contribution in [1.29, 1.82) is 0 Å². The molecule has 2 aliphatic rings. The molecule has 0 heterocycles. The van der Waals surface area contributed by atoms with Gasteiger partial charge in [0.1, 0.15) is 11.0 Å². The fourth-order valence-corrected chi connectivity index (χ4v) is 4.85. The van der Waals surface area contributed by atoms with E-state index in [0.717, 1.165) is 0 Å². The largest absolute Gasteiger partial charge is 0.460 e. The minimum Gasteiger partial charge on any atom is -0.460 e. The molecule has 8 heteroatoms. The van der Waals surface area contributed by atoms with Crippen molar-refractivity contribution >= 4 is 75.6 Å². The van der Waals surface area contributed by atoms with Crippen LogP contribution in [0.4, 0.5) is 0 Å². The zero-order valence-electron chi connectivity index (χ0n) is 8.37. The summed E-state index contributed by atoms with van der Waals surface area (Å²) < 4.78 is 3.42. The van der Waals surface area contributed by atoms with E-state index < -0.39 is 26.2 Å². The number of esters is 1. The summed E-state index contributed by atoms with van der Waals surface area (Å²) in [6, 6.07) is 0. The van der Waals surface area contributed by atoms with Gasteiger partial charge in [-0.25, -0.2) is 0 Å². The SMILES string of the molecule is CC(=O)O[C@H]1C[C@@]2(Cl)C(Cl)=C(Cl)[C@]1(Cl)C2(Cl)Cl. The molecule has 0 spiro atoms. The molecular weight excluding hydrogens is 353 g/mol. The van der Waals surface area contributed by atoms with Gasteiger partial charge in [-0.05, 0) is 0 Å². The molecule has 1 fully saturated rings. The lowest BCUT2D eigenvalue weighted by atomic mass is 10.0. The zero-order chi connectivity index (χ0) is 13.2. The number of ether oxygens (including phenoxy) is 1. The standard InChI is InChI=1S/C9H6Cl6O2/c1-3(16)17-4-2-7(12)5(10)6(11)8(4,13)9(7,14)15/h4H,2H2,1H3/t4-,7+,8-/m0/s1. The van der Waals surface area contributed by atoms with E-state index in [1.54, 1.807) is 0 Å². The molecule has 0 N–H and O–H groups in total. The number of halogens is 6. The first kappa shape index (κ1) is 14.4. The smallest absolute Gasteiger partial charge is 0.302 e. The molecule has 0 saturated heterocycles. The lowest BCUT2D eigenvalue weighted by Crippen LogP contribution is -2.46. The number of hydrogen-bond acceptors (Lipinski definition) is 2. The average molecular weight is 359 g/mol. The van der Waals surface area contributed by atoms with Crippen molar-refractivity contribution in [2.24, 2.45) is 0 Å². The second kappa shape index (κ2) is 3.97. The predicted octanol–water partition coefficient (Wildman–Crippen LogP) is 4.15. The molecule has 0 aliphatic heterocycles. The Morgan fingerprint density at radius 2 is 1.76 bits per heavy atom. The molecule has 3 atom stereocenters. The van der Waals surface area contributed by atoms with Crippen molar-refractivity contribution in [3.63, 3.8) is 0 Å². The maximum absolute atomic E-state index is 11.0. The van der Waals surface area contributed by atoms with E-state index in [9.17, 15) is 4.79 Å². The molecule has 0 amide bonds. The number of fused-ring (bicyclic) bond motifs is 2. The van der Waals surface area contributed by atoms with Crippen molar-refractivity contribution < 1.29 is 9.53 Å². The second-order valence-electron chi connectivity index (χ2n) is 4.02. The number of rotatable bonds is 1. The minimum absolute atomic E-state index is 0.0262. The van der Waals surface area contributed by atoms with Crippen LogP contribution in [0.1, 0.15) is 13.3 Å². The van der Waals surface area contributed by atoms with Crippen LogP contribution in [0.5, 0.6) is 0 Å². The third kappa shape index (κ3) is 1.52. The lowest BCUT2D eigenvalue weighted by molar-refractivity contribution is -0.146. The molecule has 1 saturated carbocycles. The van der Waals surface area contributed by atoms with E-state index in [-0.39, 0.29) is 16.5 Å². The molecule has 2 rings (SSSR count). The predicted molar refractivity (Wildman–Crippen MR) is 70.5 cm³/mol. The van der Waals surface area contributed by atoms with Crippen LogP contribution >= 0.6 is 69.6 Å². The summed E-state index contributed by atoms with van der Waals surface area (Å²) in [7, 11) is 0. The van der Waals surface area contributed by atoms with Crippen molar-refractivity contribution in [3.05, 3.63) is 10.1 Å². The highest BCUT2D eigenvalue weighted by molar-refractivity contribution is 6.65. The first-order valence-electron chi connectivity index (χ1n) is 4.58. The third-order valence-corrected chi connectivity index (χ3v) is 7.29. The Balaban J connectivity index is 2.54. The molecule has 2 nitrogen and oxygen atoms in total. The van der Waals surface area contributed by atoms with Crippen LogP contribution in [-0.4, -0.2) is 26.2 Å². The fraction of sp³-hybridized carbons (Fsp3) is 0.667. The highest BCUT2D eigenvalue weighted by Gasteiger charge is 2.79. The van der Waals surface area contributed by atoms with Gasteiger partial charge in [0.25, 0.3) is 0 Å². The number of carbonyl (C=O) groups excluding carboxylic acids is 1. The van der Waals surface area contributed by atoms with Crippen molar-refractivity contribution in [2.75, 3.05) is 0 Å². The van der Waals surface area contributed by atoms with Gasteiger partial charge in [-0.15, -0.1) is 23.2 Å². The molecule has 0 aromatic heterocycles. The van der Waals surface area contributed by atoms with E-state index in [0.29, 0.717) is 0 Å². The average Bonchev–Trinajstić information content (AvgIpc) is 2.40. The summed E-state index contributed by atoms with van der Waals surface area (Å²) in [4.78, 5) is 8.17. The Morgan fingerprint density at radius 3 is 2.12 bits per heavy atom. The van der Waals surface area contributed by atoms with Crippen LogP contribution < -0.4 is 0 Å². The van der Waals surface area contributed by atoms with Crippen LogP contribution in [0.3, 0.4) is 0 Å². The summed E-state index contributed by atoms with van der Waals surface area (Å²) in [6.45, 7) is 1.25. The van der Waals surface area contributed by atoms with E-state index in [4.69, 9.17) is 74.3 Å². The molecular formula is C9H6Cl6O2. The Morgan fingerprint density at radius 1 is 1.24 bits per heavy atom. The number of allylic oxidation sites excluding steroid dienone is 1. The monoisotopic (exact) mass is 356 g/mol. The van der Waals surface area contributed by atoms with Crippen LogP contribution in [0, 0.1) is 0 Å². The van der Waals surface area contributed by atoms with Crippen LogP contribution in [0.2, 0.25) is 0 Å². The Kier molecular flexibility index (Phi) is 3.36. The molecule has 0 radical (unpaired) electrons. The van der Waals surface area contributed by atoms with Crippen LogP contribution in [0.15, 0.2) is 10.1 Å². The summed E-state index contributed by atoms with van der Waals surface area (Å²) in [5, 5.41) is 0.127. The van der Waals surface area contributed by atoms with Gasteiger partial charge < -0.3 is 4.74 Å². The Hall–Kier alpha value is 0.950. The molecule has 2 aliphatic carbocycles. The summed E-state index contributed by atoms with van der Waals surface area (Å²) >= 11 is 37.0. The summed E-state index contributed by atoms with van der Waals surface area (Å²) in [6.07, 6.45) is -0.705. The summed E-state index contributed by atoms with van der Waals surface area (Å²) in [5.41, 5.74) is 0. The van der Waals surface area contributed by atoms with Gasteiger partial charge in [0.05, 0.1) is 10.1 Å². The molecule has 0 aromatic rings. The molecule has 17 heavy (non-hydrogen) atoms.